The molecular formula is C16H30N2O3. The number of hydrogen-bond donors (Lipinski definition) is 1. The van der Waals surface area contributed by atoms with Crippen LogP contribution in [0.25, 0.3) is 0 Å². The molecule has 0 aromatic rings. The Morgan fingerprint density at radius 3 is 2.38 bits per heavy atom. The fourth-order valence-corrected chi connectivity index (χ4v) is 3.05. The Morgan fingerprint density at radius 2 is 1.81 bits per heavy atom. The highest BCUT2D eigenvalue weighted by Crippen LogP contribution is 2.24. The van der Waals surface area contributed by atoms with E-state index in [9.17, 15) is 4.79 Å². The molecule has 2 aliphatic heterocycles. The van der Waals surface area contributed by atoms with Gasteiger partial charge in [0.2, 0.25) is 0 Å². The number of carbonyl (C=O) groups is 1. The van der Waals surface area contributed by atoms with Crippen LogP contribution in [-0.4, -0.2) is 54.5 Å². The molecule has 122 valence electrons. The predicted octanol–water partition coefficient (Wildman–Crippen LogP) is 2.54. The third-order valence-electron chi connectivity index (χ3n) is 4.13. The van der Waals surface area contributed by atoms with E-state index in [1.165, 1.54) is 0 Å². The highest BCUT2D eigenvalue weighted by Gasteiger charge is 2.33. The van der Waals surface area contributed by atoms with Crippen LogP contribution < -0.4 is 5.32 Å². The molecule has 0 aromatic carbocycles. The average Bonchev–Trinajstić information content (AvgIpc) is 2.37. The normalized spacial score (nSPS) is 28.5. The molecule has 5 heteroatoms. The van der Waals surface area contributed by atoms with Crippen LogP contribution in [0.2, 0.25) is 0 Å². The van der Waals surface area contributed by atoms with Gasteiger partial charge in [0.05, 0.1) is 12.2 Å². The van der Waals surface area contributed by atoms with Gasteiger partial charge in [-0.05, 0) is 66.5 Å². The van der Waals surface area contributed by atoms with Crippen molar-refractivity contribution in [3.63, 3.8) is 0 Å². The fraction of sp³-hybridized carbons (Fsp3) is 0.938. The molecule has 2 heterocycles. The largest absolute Gasteiger partial charge is 0.444 e. The molecule has 0 spiro atoms. The summed E-state index contributed by atoms with van der Waals surface area (Å²) >= 11 is 0. The second kappa shape index (κ2) is 6.97. The SMILES string of the molecule is C[C@H]1C[C@H](OC2CCNCC2)CCN1C(=O)OC(C)(C)C. The van der Waals surface area contributed by atoms with Crippen LogP contribution in [0, 0.1) is 0 Å². The number of carbonyl (C=O) groups excluding carboxylic acids is 1. The maximum Gasteiger partial charge on any atom is 0.410 e. The molecule has 2 atom stereocenters. The van der Waals surface area contributed by atoms with Crippen LogP contribution in [0.15, 0.2) is 0 Å². The van der Waals surface area contributed by atoms with Gasteiger partial charge in [-0.15, -0.1) is 0 Å². The molecule has 2 saturated heterocycles. The summed E-state index contributed by atoms with van der Waals surface area (Å²) in [6, 6.07) is 0.181. The van der Waals surface area contributed by atoms with Crippen molar-refractivity contribution >= 4 is 6.09 Å². The van der Waals surface area contributed by atoms with Crippen molar-refractivity contribution in [2.24, 2.45) is 0 Å². The van der Waals surface area contributed by atoms with Gasteiger partial charge in [0.25, 0.3) is 0 Å². The van der Waals surface area contributed by atoms with E-state index in [-0.39, 0.29) is 18.2 Å². The predicted molar refractivity (Wildman–Crippen MR) is 82.4 cm³/mol. The summed E-state index contributed by atoms with van der Waals surface area (Å²) in [5.74, 6) is 0. The van der Waals surface area contributed by atoms with E-state index in [1.54, 1.807) is 0 Å². The number of piperidine rings is 2. The summed E-state index contributed by atoms with van der Waals surface area (Å²) in [7, 11) is 0. The summed E-state index contributed by atoms with van der Waals surface area (Å²) in [5.41, 5.74) is -0.431. The molecule has 0 radical (unpaired) electrons. The third-order valence-corrected chi connectivity index (χ3v) is 4.13. The average molecular weight is 298 g/mol. The Morgan fingerprint density at radius 1 is 1.14 bits per heavy atom. The van der Waals surface area contributed by atoms with E-state index in [0.717, 1.165) is 45.3 Å². The molecule has 1 amide bonds. The first-order valence-corrected chi connectivity index (χ1v) is 8.21. The van der Waals surface area contributed by atoms with Crippen LogP contribution in [0.4, 0.5) is 4.79 Å². The van der Waals surface area contributed by atoms with E-state index < -0.39 is 5.60 Å². The number of nitrogens with zero attached hydrogens (tertiary/aromatic N) is 1. The van der Waals surface area contributed by atoms with Gasteiger partial charge in [0.15, 0.2) is 0 Å². The standard InChI is InChI=1S/C16H30N2O3/c1-12-11-14(20-13-5-8-17-9-6-13)7-10-18(12)15(19)21-16(2,3)4/h12-14,17H,5-11H2,1-4H3/t12-,14+/m0/s1. The van der Waals surface area contributed by atoms with Crippen LogP contribution in [0.3, 0.4) is 0 Å². The third kappa shape index (κ3) is 5.15. The van der Waals surface area contributed by atoms with Crippen LogP contribution in [-0.2, 0) is 9.47 Å². The summed E-state index contributed by atoms with van der Waals surface area (Å²) in [5, 5.41) is 3.35. The minimum atomic E-state index is -0.431. The number of hydrogen-bond acceptors (Lipinski definition) is 4. The van der Waals surface area contributed by atoms with Crippen LogP contribution >= 0.6 is 0 Å². The number of rotatable bonds is 2. The second-order valence-electron chi connectivity index (χ2n) is 7.25. The van der Waals surface area contributed by atoms with Crippen molar-refractivity contribution in [2.75, 3.05) is 19.6 Å². The molecule has 5 nitrogen and oxygen atoms in total. The van der Waals surface area contributed by atoms with Crippen molar-refractivity contribution in [1.29, 1.82) is 0 Å². The molecule has 0 aromatic heterocycles. The lowest BCUT2D eigenvalue weighted by Crippen LogP contribution is -2.49. The minimum absolute atomic E-state index is 0.181. The lowest BCUT2D eigenvalue weighted by atomic mass is 10.00. The monoisotopic (exact) mass is 298 g/mol. The van der Waals surface area contributed by atoms with Crippen molar-refractivity contribution < 1.29 is 14.3 Å². The maximum atomic E-state index is 12.2. The van der Waals surface area contributed by atoms with Crippen LogP contribution in [0.5, 0.6) is 0 Å². The van der Waals surface area contributed by atoms with Crippen molar-refractivity contribution in [1.82, 2.24) is 10.2 Å². The first-order valence-electron chi connectivity index (χ1n) is 8.21. The highest BCUT2D eigenvalue weighted by molar-refractivity contribution is 5.68. The quantitative estimate of drug-likeness (QED) is 0.851. The first-order chi connectivity index (χ1) is 9.85. The summed E-state index contributed by atoms with van der Waals surface area (Å²) in [6.45, 7) is 10.6. The van der Waals surface area contributed by atoms with E-state index in [4.69, 9.17) is 9.47 Å². The van der Waals surface area contributed by atoms with Gasteiger partial charge in [0.1, 0.15) is 5.60 Å². The molecule has 0 aliphatic carbocycles. The molecule has 21 heavy (non-hydrogen) atoms. The van der Waals surface area contributed by atoms with Crippen molar-refractivity contribution in [3.8, 4) is 0 Å². The number of nitrogens with one attached hydrogen (secondary N) is 1. The summed E-state index contributed by atoms with van der Waals surface area (Å²) < 4.78 is 11.7. The lowest BCUT2D eigenvalue weighted by Gasteiger charge is -2.39. The van der Waals surface area contributed by atoms with E-state index in [0.29, 0.717) is 6.10 Å². The first kappa shape index (κ1) is 16.6. The topological polar surface area (TPSA) is 50.8 Å². The lowest BCUT2D eigenvalue weighted by molar-refractivity contribution is -0.0667. The molecule has 0 unspecified atom stereocenters. The summed E-state index contributed by atoms with van der Waals surface area (Å²) in [6.07, 6.45) is 4.48. The van der Waals surface area contributed by atoms with Crippen LogP contribution in [0.1, 0.15) is 53.4 Å². The Balaban J connectivity index is 1.79. The Kier molecular flexibility index (Phi) is 5.49. The molecule has 0 saturated carbocycles. The van der Waals surface area contributed by atoms with Gasteiger partial charge in [-0.25, -0.2) is 4.79 Å². The number of amides is 1. The number of likely N-dealkylation sites (tertiary alicyclic amines) is 1. The molecule has 2 aliphatic rings. The Hall–Kier alpha value is -0.810. The fourth-order valence-electron chi connectivity index (χ4n) is 3.05. The van der Waals surface area contributed by atoms with Gasteiger partial charge in [-0.2, -0.15) is 0 Å². The van der Waals surface area contributed by atoms with Crippen molar-refractivity contribution in [3.05, 3.63) is 0 Å². The molecule has 0 bridgehead atoms. The number of ether oxygens (including phenoxy) is 2. The molecule has 1 N–H and O–H groups in total. The minimum Gasteiger partial charge on any atom is -0.444 e. The smallest absolute Gasteiger partial charge is 0.410 e. The zero-order chi connectivity index (χ0) is 15.5. The van der Waals surface area contributed by atoms with Gasteiger partial charge >= 0.3 is 6.09 Å². The molecule has 2 fully saturated rings. The molecule has 2 rings (SSSR count). The van der Waals surface area contributed by atoms with Gasteiger partial charge in [-0.1, -0.05) is 0 Å². The van der Waals surface area contributed by atoms with Gasteiger partial charge in [0, 0.05) is 12.6 Å². The Labute approximate surface area is 128 Å². The second-order valence-corrected chi connectivity index (χ2v) is 7.25. The zero-order valence-corrected chi connectivity index (χ0v) is 13.9. The van der Waals surface area contributed by atoms with E-state index >= 15 is 0 Å². The summed E-state index contributed by atoms with van der Waals surface area (Å²) in [4.78, 5) is 14.0. The zero-order valence-electron chi connectivity index (χ0n) is 13.9. The highest BCUT2D eigenvalue weighted by atomic mass is 16.6. The maximum absolute atomic E-state index is 12.2. The molecular weight excluding hydrogens is 268 g/mol. The van der Waals surface area contributed by atoms with Crippen molar-refractivity contribution in [2.45, 2.75) is 77.2 Å². The van der Waals surface area contributed by atoms with Gasteiger partial charge < -0.3 is 19.7 Å². The van der Waals surface area contributed by atoms with E-state index in [2.05, 4.69) is 12.2 Å². The van der Waals surface area contributed by atoms with Gasteiger partial charge in [-0.3, -0.25) is 0 Å². The Bertz CT molecular complexity index is 348. The van der Waals surface area contributed by atoms with E-state index in [1.807, 2.05) is 25.7 Å².